The van der Waals surface area contributed by atoms with E-state index in [2.05, 4.69) is 31.8 Å². The average molecular weight is 280 g/mol. The molecule has 2 aliphatic heterocycles. The minimum absolute atomic E-state index is 0.653. The van der Waals surface area contributed by atoms with Crippen molar-refractivity contribution >= 4 is 16.9 Å². The van der Waals surface area contributed by atoms with Gasteiger partial charge >= 0.3 is 0 Å². The summed E-state index contributed by atoms with van der Waals surface area (Å²) < 4.78 is 1.89. The summed E-state index contributed by atoms with van der Waals surface area (Å²) in [6, 6.07) is 0. The normalized spacial score (nSPS) is 24.8. The number of hydrogen-bond donors (Lipinski definition) is 0. The van der Waals surface area contributed by atoms with Crippen LogP contribution in [-0.4, -0.2) is 74.3 Å². The van der Waals surface area contributed by atoms with Gasteiger partial charge in [0.25, 0.3) is 0 Å². The Labute approximate surface area is 117 Å². The molecule has 19 heavy (non-hydrogen) atoms. The third kappa shape index (κ3) is 3.27. The Bertz CT molecular complexity index is 423. The summed E-state index contributed by atoms with van der Waals surface area (Å²) >= 11 is 1.92. The molecule has 104 valence electrons. The Balaban J connectivity index is 1.42. The Morgan fingerprint density at radius 3 is 2.74 bits per heavy atom. The number of thioether (sulfide) groups is 1. The number of rotatable bonds is 3. The maximum absolute atomic E-state index is 4.62. The number of piperazine rings is 1. The van der Waals surface area contributed by atoms with Gasteiger partial charge in [0, 0.05) is 38.0 Å². The molecule has 2 aliphatic rings. The van der Waals surface area contributed by atoms with Crippen LogP contribution < -0.4 is 0 Å². The van der Waals surface area contributed by atoms with Crippen LogP contribution in [-0.2, 0) is 6.54 Å². The Morgan fingerprint density at radius 2 is 2.11 bits per heavy atom. The third-order valence-corrected chi connectivity index (χ3v) is 4.69. The number of nitrogens with zero attached hydrogens (tertiary/aromatic N) is 6. The number of amidine groups is 1. The SMILES string of the molecule is C[C@H]1CN=C(N2CCN(CCn3cncn3)CC2)S1. The topological polar surface area (TPSA) is 49.5 Å². The first kappa shape index (κ1) is 12.9. The van der Waals surface area contributed by atoms with Crippen LogP contribution in [0.25, 0.3) is 0 Å². The van der Waals surface area contributed by atoms with Gasteiger partial charge in [0.1, 0.15) is 12.7 Å². The van der Waals surface area contributed by atoms with Gasteiger partial charge in [-0.05, 0) is 0 Å². The first-order valence-corrected chi connectivity index (χ1v) is 7.70. The fraction of sp³-hybridized carbons (Fsp3) is 0.750. The molecule has 6 nitrogen and oxygen atoms in total. The van der Waals surface area contributed by atoms with Crippen LogP contribution in [0.2, 0.25) is 0 Å². The predicted octanol–water partition coefficient (Wildman–Crippen LogP) is 0.387. The summed E-state index contributed by atoms with van der Waals surface area (Å²) in [6.07, 6.45) is 3.37. The number of hydrogen-bond acceptors (Lipinski definition) is 6. The van der Waals surface area contributed by atoms with Crippen LogP contribution >= 0.6 is 11.8 Å². The molecule has 0 aliphatic carbocycles. The lowest BCUT2D eigenvalue weighted by Crippen LogP contribution is -2.48. The van der Waals surface area contributed by atoms with Gasteiger partial charge in [0.15, 0.2) is 5.17 Å². The molecule has 0 saturated carbocycles. The number of aliphatic imine (C=N–C) groups is 1. The maximum atomic E-state index is 4.62. The molecule has 1 atom stereocenters. The zero-order valence-corrected chi connectivity index (χ0v) is 12.1. The monoisotopic (exact) mass is 280 g/mol. The van der Waals surface area contributed by atoms with E-state index < -0.39 is 0 Å². The molecule has 1 fully saturated rings. The van der Waals surface area contributed by atoms with Crippen molar-refractivity contribution in [3.63, 3.8) is 0 Å². The summed E-state index contributed by atoms with van der Waals surface area (Å²) in [4.78, 5) is 13.5. The van der Waals surface area contributed by atoms with Crippen LogP contribution in [0, 0.1) is 0 Å². The highest BCUT2D eigenvalue weighted by atomic mass is 32.2. The molecule has 0 unspecified atom stereocenters. The molecule has 0 radical (unpaired) electrons. The highest BCUT2D eigenvalue weighted by Crippen LogP contribution is 2.23. The summed E-state index contributed by atoms with van der Waals surface area (Å²) in [7, 11) is 0. The van der Waals surface area contributed by atoms with Crippen molar-refractivity contribution in [2.24, 2.45) is 4.99 Å². The first-order chi connectivity index (χ1) is 9.31. The van der Waals surface area contributed by atoms with Crippen LogP contribution in [0.3, 0.4) is 0 Å². The molecule has 1 aromatic heterocycles. The Hall–Kier alpha value is -1.08. The quantitative estimate of drug-likeness (QED) is 0.801. The molecular formula is C12H20N6S. The van der Waals surface area contributed by atoms with Gasteiger partial charge in [-0.3, -0.25) is 14.6 Å². The van der Waals surface area contributed by atoms with Crippen LogP contribution in [0.15, 0.2) is 17.6 Å². The fourth-order valence-corrected chi connectivity index (χ4v) is 3.38. The summed E-state index contributed by atoms with van der Waals surface area (Å²) in [5, 5.41) is 6.04. The fourth-order valence-electron chi connectivity index (χ4n) is 2.39. The van der Waals surface area contributed by atoms with Crippen molar-refractivity contribution in [3.05, 3.63) is 12.7 Å². The lowest BCUT2D eigenvalue weighted by molar-refractivity contribution is 0.177. The van der Waals surface area contributed by atoms with E-state index >= 15 is 0 Å². The van der Waals surface area contributed by atoms with Gasteiger partial charge < -0.3 is 4.90 Å². The molecule has 7 heteroatoms. The second kappa shape index (κ2) is 5.92. The molecule has 1 aromatic rings. The molecule has 0 aromatic carbocycles. The molecule has 0 amide bonds. The summed E-state index contributed by atoms with van der Waals surface area (Å²) in [6.45, 7) is 9.61. The second-order valence-corrected chi connectivity index (χ2v) is 6.44. The largest absolute Gasteiger partial charge is 0.349 e. The maximum Gasteiger partial charge on any atom is 0.159 e. The van der Waals surface area contributed by atoms with Crippen molar-refractivity contribution in [2.45, 2.75) is 18.7 Å². The molecule has 3 heterocycles. The highest BCUT2D eigenvalue weighted by Gasteiger charge is 2.24. The van der Waals surface area contributed by atoms with E-state index in [0.29, 0.717) is 5.25 Å². The van der Waals surface area contributed by atoms with E-state index in [1.165, 1.54) is 5.17 Å². The van der Waals surface area contributed by atoms with Crippen molar-refractivity contribution in [2.75, 3.05) is 39.3 Å². The van der Waals surface area contributed by atoms with Crippen molar-refractivity contribution in [1.29, 1.82) is 0 Å². The molecule has 3 rings (SSSR count). The number of aromatic nitrogens is 3. The standard InChI is InChI=1S/C12H20N6S/c1-11-8-14-12(19-11)17-5-2-16(3-6-17)4-7-18-10-13-9-15-18/h9-11H,2-8H2,1H3/t11-/m0/s1. The minimum atomic E-state index is 0.653. The van der Waals surface area contributed by atoms with E-state index in [4.69, 9.17) is 0 Å². The van der Waals surface area contributed by atoms with Crippen LogP contribution in [0.4, 0.5) is 0 Å². The summed E-state index contributed by atoms with van der Waals surface area (Å²) in [5.41, 5.74) is 0. The van der Waals surface area contributed by atoms with E-state index in [1.807, 2.05) is 16.4 Å². The van der Waals surface area contributed by atoms with E-state index in [0.717, 1.165) is 45.8 Å². The second-order valence-electron chi connectivity index (χ2n) is 5.04. The lowest BCUT2D eigenvalue weighted by atomic mass is 10.3. The van der Waals surface area contributed by atoms with Crippen molar-refractivity contribution in [1.82, 2.24) is 24.6 Å². The Kier molecular flexibility index (Phi) is 4.03. The van der Waals surface area contributed by atoms with E-state index in [1.54, 1.807) is 12.7 Å². The van der Waals surface area contributed by atoms with Gasteiger partial charge in [-0.2, -0.15) is 5.10 Å². The molecule has 0 spiro atoms. The van der Waals surface area contributed by atoms with E-state index in [9.17, 15) is 0 Å². The highest BCUT2D eigenvalue weighted by molar-refractivity contribution is 8.14. The molecule has 1 saturated heterocycles. The zero-order valence-electron chi connectivity index (χ0n) is 11.3. The van der Waals surface area contributed by atoms with Gasteiger partial charge in [-0.1, -0.05) is 18.7 Å². The molecule has 0 bridgehead atoms. The van der Waals surface area contributed by atoms with E-state index in [-0.39, 0.29) is 0 Å². The Morgan fingerprint density at radius 1 is 1.26 bits per heavy atom. The van der Waals surface area contributed by atoms with Gasteiger partial charge in [0.05, 0.1) is 13.1 Å². The predicted molar refractivity (Wildman–Crippen MR) is 77.4 cm³/mol. The van der Waals surface area contributed by atoms with Gasteiger partial charge in [0.2, 0.25) is 0 Å². The van der Waals surface area contributed by atoms with Crippen molar-refractivity contribution in [3.8, 4) is 0 Å². The first-order valence-electron chi connectivity index (χ1n) is 6.82. The molecule has 0 N–H and O–H groups in total. The van der Waals surface area contributed by atoms with Crippen LogP contribution in [0.5, 0.6) is 0 Å². The van der Waals surface area contributed by atoms with Crippen molar-refractivity contribution < 1.29 is 0 Å². The van der Waals surface area contributed by atoms with Gasteiger partial charge in [-0.25, -0.2) is 4.98 Å². The third-order valence-electron chi connectivity index (χ3n) is 3.54. The summed E-state index contributed by atoms with van der Waals surface area (Å²) in [5.74, 6) is 0. The molecular weight excluding hydrogens is 260 g/mol. The minimum Gasteiger partial charge on any atom is -0.349 e. The zero-order chi connectivity index (χ0) is 13.1. The lowest BCUT2D eigenvalue weighted by Gasteiger charge is -2.35. The van der Waals surface area contributed by atoms with Gasteiger partial charge in [-0.15, -0.1) is 0 Å². The van der Waals surface area contributed by atoms with Crippen LogP contribution in [0.1, 0.15) is 6.92 Å². The average Bonchev–Trinajstić information content (AvgIpc) is 3.08. The smallest absolute Gasteiger partial charge is 0.159 e.